The monoisotopic (exact) mass is 293 g/mol. The summed E-state index contributed by atoms with van der Waals surface area (Å²) in [5.41, 5.74) is 0. The third-order valence-corrected chi connectivity index (χ3v) is 3.86. The van der Waals surface area contributed by atoms with Crippen molar-refractivity contribution < 1.29 is 9.53 Å². The summed E-state index contributed by atoms with van der Waals surface area (Å²) in [6, 6.07) is -0.307. The second-order valence-corrected chi connectivity index (χ2v) is 5.83. The molecule has 0 fully saturated rings. The van der Waals surface area contributed by atoms with Crippen molar-refractivity contribution in [1.29, 1.82) is 0 Å². The highest BCUT2D eigenvalue weighted by Crippen LogP contribution is 2.11. The molecule has 0 spiro atoms. The third-order valence-electron chi connectivity index (χ3n) is 3.86. The number of unbranched alkanes of at least 4 members (excludes halogenated alkanes) is 9. The first-order chi connectivity index (χ1) is 10.3. The fourth-order valence-electron chi connectivity index (χ4n) is 2.50. The van der Waals surface area contributed by atoms with Gasteiger partial charge in [0.25, 0.3) is 0 Å². The molecule has 3 nitrogen and oxygen atoms in total. The van der Waals surface area contributed by atoms with Gasteiger partial charge < -0.3 is 4.74 Å². The number of nitrogens with zero attached hydrogens (tertiary/aromatic N) is 1. The molecule has 0 aromatic heterocycles. The molecule has 1 aliphatic heterocycles. The van der Waals surface area contributed by atoms with Gasteiger partial charge in [-0.1, -0.05) is 70.8 Å². The molecular weight excluding hydrogens is 262 g/mol. The van der Waals surface area contributed by atoms with Crippen molar-refractivity contribution in [3.63, 3.8) is 0 Å². The molecule has 1 aliphatic rings. The van der Waals surface area contributed by atoms with Gasteiger partial charge in [-0.3, -0.25) is 4.99 Å². The molecule has 21 heavy (non-hydrogen) atoms. The van der Waals surface area contributed by atoms with E-state index < -0.39 is 0 Å². The van der Waals surface area contributed by atoms with Crippen LogP contribution < -0.4 is 0 Å². The molecule has 0 saturated carbocycles. The number of rotatable bonds is 12. The van der Waals surface area contributed by atoms with E-state index in [1.165, 1.54) is 51.4 Å². The van der Waals surface area contributed by atoms with Crippen LogP contribution in [0.15, 0.2) is 17.1 Å². The minimum absolute atomic E-state index is 0.175. The van der Waals surface area contributed by atoms with Crippen molar-refractivity contribution >= 4 is 12.2 Å². The van der Waals surface area contributed by atoms with E-state index in [1.807, 2.05) is 12.2 Å². The lowest BCUT2D eigenvalue weighted by molar-refractivity contribution is -0.145. The second kappa shape index (κ2) is 12.6. The molecule has 0 bridgehead atoms. The Kier molecular flexibility index (Phi) is 10.8. The zero-order chi connectivity index (χ0) is 15.2. The van der Waals surface area contributed by atoms with Crippen LogP contribution in [-0.4, -0.2) is 24.8 Å². The molecule has 1 atom stereocenters. The minimum atomic E-state index is -0.307. The molecule has 0 aromatic carbocycles. The first-order valence-electron chi connectivity index (χ1n) is 8.69. The number of dihydropyridines is 1. The highest BCUT2D eigenvalue weighted by Gasteiger charge is 2.17. The predicted molar refractivity (Wildman–Crippen MR) is 88.8 cm³/mol. The van der Waals surface area contributed by atoms with Crippen molar-refractivity contribution in [1.82, 2.24) is 0 Å². The number of hydrogen-bond acceptors (Lipinski definition) is 3. The van der Waals surface area contributed by atoms with E-state index in [0.29, 0.717) is 13.0 Å². The van der Waals surface area contributed by atoms with Crippen molar-refractivity contribution in [3.8, 4) is 0 Å². The van der Waals surface area contributed by atoms with Crippen LogP contribution in [0.2, 0.25) is 0 Å². The van der Waals surface area contributed by atoms with E-state index in [0.717, 1.165) is 12.8 Å². The van der Waals surface area contributed by atoms with Gasteiger partial charge in [0.05, 0.1) is 6.61 Å². The van der Waals surface area contributed by atoms with Gasteiger partial charge in [-0.2, -0.15) is 0 Å². The maximum Gasteiger partial charge on any atom is 0.331 e. The van der Waals surface area contributed by atoms with Gasteiger partial charge in [0.1, 0.15) is 0 Å². The molecule has 0 amide bonds. The average molecular weight is 293 g/mol. The summed E-state index contributed by atoms with van der Waals surface area (Å²) in [5, 5.41) is 0. The van der Waals surface area contributed by atoms with Gasteiger partial charge in [0, 0.05) is 6.21 Å². The average Bonchev–Trinajstić information content (AvgIpc) is 2.53. The number of allylic oxidation sites excluding steroid dienone is 1. The Hall–Kier alpha value is -1.12. The topological polar surface area (TPSA) is 38.7 Å². The van der Waals surface area contributed by atoms with E-state index in [4.69, 9.17) is 4.74 Å². The van der Waals surface area contributed by atoms with Gasteiger partial charge >= 0.3 is 5.97 Å². The van der Waals surface area contributed by atoms with Crippen LogP contribution in [0.1, 0.15) is 77.6 Å². The van der Waals surface area contributed by atoms with E-state index in [9.17, 15) is 4.79 Å². The Morgan fingerprint density at radius 1 is 1.05 bits per heavy atom. The van der Waals surface area contributed by atoms with Gasteiger partial charge in [-0.15, -0.1) is 0 Å². The summed E-state index contributed by atoms with van der Waals surface area (Å²) >= 11 is 0. The van der Waals surface area contributed by atoms with Crippen LogP contribution in [-0.2, 0) is 9.53 Å². The summed E-state index contributed by atoms with van der Waals surface area (Å²) < 4.78 is 5.27. The van der Waals surface area contributed by atoms with E-state index in [1.54, 1.807) is 6.21 Å². The molecule has 1 heterocycles. The molecule has 3 heteroatoms. The first-order valence-corrected chi connectivity index (χ1v) is 8.69. The molecule has 0 saturated heterocycles. The summed E-state index contributed by atoms with van der Waals surface area (Å²) in [5.74, 6) is -0.175. The number of hydrogen-bond donors (Lipinski definition) is 0. The Bertz CT molecular complexity index is 323. The van der Waals surface area contributed by atoms with Crippen LogP contribution in [0.5, 0.6) is 0 Å². The lowest BCUT2D eigenvalue weighted by Crippen LogP contribution is -2.22. The molecule has 0 aliphatic carbocycles. The molecule has 0 N–H and O–H groups in total. The van der Waals surface area contributed by atoms with Crippen LogP contribution in [0.4, 0.5) is 0 Å². The molecule has 1 unspecified atom stereocenters. The van der Waals surface area contributed by atoms with Gasteiger partial charge in [-0.05, 0) is 18.9 Å². The smallest absolute Gasteiger partial charge is 0.331 e. The lowest BCUT2D eigenvalue weighted by Gasteiger charge is -2.11. The van der Waals surface area contributed by atoms with E-state index in [2.05, 4.69) is 11.9 Å². The van der Waals surface area contributed by atoms with Gasteiger partial charge in [0.15, 0.2) is 6.04 Å². The fourth-order valence-corrected chi connectivity index (χ4v) is 2.50. The molecule has 120 valence electrons. The maximum absolute atomic E-state index is 11.7. The normalized spacial score (nSPS) is 17.1. The number of carbonyl (C=O) groups excluding carboxylic acids is 1. The van der Waals surface area contributed by atoms with Crippen LogP contribution in [0.25, 0.3) is 0 Å². The summed E-state index contributed by atoms with van der Waals surface area (Å²) in [7, 11) is 0. The Morgan fingerprint density at radius 3 is 2.24 bits per heavy atom. The Labute approximate surface area is 129 Å². The SMILES string of the molecule is CCCCCCCCCCCCOC(=O)C1CC=CC=N1. The first kappa shape index (κ1) is 17.9. The Morgan fingerprint density at radius 2 is 1.67 bits per heavy atom. The summed E-state index contributed by atoms with van der Waals surface area (Å²) in [6.45, 7) is 2.80. The number of carbonyl (C=O) groups is 1. The Balaban J connectivity index is 1.83. The van der Waals surface area contributed by atoms with Crippen molar-refractivity contribution in [2.24, 2.45) is 4.99 Å². The van der Waals surface area contributed by atoms with Crippen LogP contribution >= 0.6 is 0 Å². The maximum atomic E-state index is 11.7. The van der Waals surface area contributed by atoms with Crippen molar-refractivity contribution in [3.05, 3.63) is 12.2 Å². The highest BCUT2D eigenvalue weighted by molar-refractivity contribution is 5.82. The van der Waals surface area contributed by atoms with Gasteiger partial charge in [-0.25, -0.2) is 4.79 Å². The number of aliphatic imine (C=N–C) groups is 1. The fraction of sp³-hybridized carbons (Fsp3) is 0.778. The summed E-state index contributed by atoms with van der Waals surface area (Å²) in [6.07, 6.45) is 19.1. The molecular formula is C18H31NO2. The third kappa shape index (κ3) is 9.43. The van der Waals surface area contributed by atoms with E-state index >= 15 is 0 Å². The lowest BCUT2D eigenvalue weighted by atomic mass is 10.1. The summed E-state index contributed by atoms with van der Waals surface area (Å²) in [4.78, 5) is 15.8. The number of esters is 1. The second-order valence-electron chi connectivity index (χ2n) is 5.83. The highest BCUT2D eigenvalue weighted by atomic mass is 16.5. The van der Waals surface area contributed by atoms with Crippen LogP contribution in [0.3, 0.4) is 0 Å². The molecule has 0 aromatic rings. The largest absolute Gasteiger partial charge is 0.464 e. The predicted octanol–water partition coefficient (Wildman–Crippen LogP) is 4.85. The van der Waals surface area contributed by atoms with E-state index in [-0.39, 0.29) is 12.0 Å². The van der Waals surface area contributed by atoms with Crippen LogP contribution in [0, 0.1) is 0 Å². The number of ether oxygens (including phenoxy) is 1. The zero-order valence-corrected chi connectivity index (χ0v) is 13.6. The van der Waals surface area contributed by atoms with Crippen molar-refractivity contribution in [2.45, 2.75) is 83.6 Å². The van der Waals surface area contributed by atoms with Crippen molar-refractivity contribution in [2.75, 3.05) is 6.61 Å². The molecule has 1 rings (SSSR count). The zero-order valence-electron chi connectivity index (χ0n) is 13.6. The standard InChI is InChI=1S/C18H31NO2/c1-2-3-4-5-6-7-8-9-10-13-16-21-18(20)17-14-11-12-15-19-17/h11-12,15,17H,2-10,13-14,16H2,1H3. The van der Waals surface area contributed by atoms with Gasteiger partial charge in [0.2, 0.25) is 0 Å². The molecule has 0 radical (unpaired) electrons. The quantitative estimate of drug-likeness (QED) is 0.381. The minimum Gasteiger partial charge on any atom is -0.464 e.